The summed E-state index contributed by atoms with van der Waals surface area (Å²) in [5, 5.41) is 11.5. The van der Waals surface area contributed by atoms with Gasteiger partial charge >= 0.3 is 0 Å². The number of hydrogen-bond donors (Lipinski definition) is 1. The van der Waals surface area contributed by atoms with Gasteiger partial charge in [-0.2, -0.15) is 0 Å². The number of terminal acetylenes is 1. The van der Waals surface area contributed by atoms with Gasteiger partial charge in [-0.1, -0.05) is 5.16 Å². The van der Waals surface area contributed by atoms with E-state index in [-0.39, 0.29) is 6.17 Å². The van der Waals surface area contributed by atoms with Crippen molar-refractivity contribution in [3.63, 3.8) is 0 Å². The fraction of sp³-hybridized carbons (Fsp3) is 0.500. The Morgan fingerprint density at radius 1 is 1.67 bits per heavy atom. The predicted molar refractivity (Wildman–Crippen MR) is 57.1 cm³/mol. The van der Waals surface area contributed by atoms with E-state index in [9.17, 15) is 0 Å². The molecule has 1 aliphatic heterocycles. The highest BCUT2D eigenvalue weighted by Crippen LogP contribution is 2.11. The highest BCUT2D eigenvalue weighted by atomic mass is 16.5. The maximum Gasteiger partial charge on any atom is 0.142 e. The maximum atomic E-state index is 8.49. The van der Waals surface area contributed by atoms with Gasteiger partial charge in [0.2, 0.25) is 0 Å². The molecule has 0 aromatic carbocycles. The molecular weight excluding hydrogens is 194 g/mol. The SMILES string of the molecule is C#CCCOCN1C=CN(C)C1/C=N\O. The number of nitrogens with zero attached hydrogens (tertiary/aromatic N) is 3. The van der Waals surface area contributed by atoms with Gasteiger partial charge < -0.3 is 19.7 Å². The first-order valence-corrected chi connectivity index (χ1v) is 4.64. The minimum atomic E-state index is -0.0964. The Hall–Kier alpha value is -1.67. The Labute approximate surface area is 89.6 Å². The van der Waals surface area contributed by atoms with Gasteiger partial charge in [0.1, 0.15) is 12.9 Å². The van der Waals surface area contributed by atoms with Crippen LogP contribution >= 0.6 is 0 Å². The quantitative estimate of drug-likeness (QED) is 0.235. The monoisotopic (exact) mass is 209 g/mol. The fourth-order valence-corrected chi connectivity index (χ4v) is 1.27. The van der Waals surface area contributed by atoms with Crippen LogP contribution in [-0.4, -0.2) is 47.8 Å². The molecule has 0 saturated carbocycles. The average molecular weight is 209 g/mol. The van der Waals surface area contributed by atoms with Crippen molar-refractivity contribution in [3.8, 4) is 12.3 Å². The number of oxime groups is 1. The van der Waals surface area contributed by atoms with Crippen molar-refractivity contribution < 1.29 is 9.94 Å². The Kier molecular flexibility index (Phi) is 4.51. The van der Waals surface area contributed by atoms with Gasteiger partial charge in [-0.25, -0.2) is 0 Å². The second-order valence-corrected chi connectivity index (χ2v) is 3.15. The largest absolute Gasteiger partial charge is 0.411 e. The highest BCUT2D eigenvalue weighted by Gasteiger charge is 2.21. The summed E-state index contributed by atoms with van der Waals surface area (Å²) in [6, 6.07) is 0. The van der Waals surface area contributed by atoms with Crippen molar-refractivity contribution in [2.75, 3.05) is 20.4 Å². The van der Waals surface area contributed by atoms with E-state index in [0.29, 0.717) is 19.8 Å². The number of hydrogen-bond acceptors (Lipinski definition) is 5. The van der Waals surface area contributed by atoms with Gasteiger partial charge in [0.25, 0.3) is 0 Å². The molecule has 0 spiro atoms. The van der Waals surface area contributed by atoms with E-state index < -0.39 is 0 Å². The maximum absolute atomic E-state index is 8.49. The lowest BCUT2D eigenvalue weighted by molar-refractivity contribution is 0.0374. The Morgan fingerprint density at radius 2 is 2.47 bits per heavy atom. The molecule has 0 amide bonds. The lowest BCUT2D eigenvalue weighted by atomic mass is 10.5. The van der Waals surface area contributed by atoms with Crippen LogP contribution in [0.4, 0.5) is 0 Å². The van der Waals surface area contributed by atoms with Gasteiger partial charge in [-0.05, 0) is 0 Å². The van der Waals surface area contributed by atoms with Gasteiger partial charge in [-0.15, -0.1) is 12.3 Å². The lowest BCUT2D eigenvalue weighted by Gasteiger charge is -2.26. The van der Waals surface area contributed by atoms with Crippen LogP contribution in [0, 0.1) is 12.3 Å². The molecule has 1 atom stereocenters. The summed E-state index contributed by atoms with van der Waals surface area (Å²) in [4.78, 5) is 3.81. The average Bonchev–Trinajstić information content (AvgIpc) is 2.57. The summed E-state index contributed by atoms with van der Waals surface area (Å²) in [6.45, 7) is 0.965. The third-order valence-electron chi connectivity index (χ3n) is 2.08. The van der Waals surface area contributed by atoms with Crippen LogP contribution in [0.5, 0.6) is 0 Å². The summed E-state index contributed by atoms with van der Waals surface area (Å²) in [7, 11) is 1.89. The molecule has 0 radical (unpaired) electrons. The summed E-state index contributed by atoms with van der Waals surface area (Å²) < 4.78 is 5.35. The molecule has 0 fully saturated rings. The van der Waals surface area contributed by atoms with Crippen LogP contribution in [0.25, 0.3) is 0 Å². The molecule has 15 heavy (non-hydrogen) atoms. The normalized spacial score (nSPS) is 20.1. The predicted octanol–water partition coefficient (Wildman–Crippen LogP) is 0.489. The smallest absolute Gasteiger partial charge is 0.142 e. The van der Waals surface area contributed by atoms with Crippen molar-refractivity contribution in [2.24, 2.45) is 5.16 Å². The molecule has 1 aliphatic rings. The zero-order valence-corrected chi connectivity index (χ0v) is 8.71. The Bertz CT molecular complexity index is 283. The van der Waals surface area contributed by atoms with E-state index in [4.69, 9.17) is 16.4 Å². The molecule has 0 bridgehead atoms. The van der Waals surface area contributed by atoms with Gasteiger partial charge in [0.05, 0.1) is 12.8 Å². The molecule has 0 saturated heterocycles. The molecule has 5 heteroatoms. The number of rotatable bonds is 5. The van der Waals surface area contributed by atoms with Gasteiger partial charge in [-0.3, -0.25) is 0 Å². The summed E-state index contributed by atoms with van der Waals surface area (Å²) >= 11 is 0. The first-order valence-electron chi connectivity index (χ1n) is 4.64. The van der Waals surface area contributed by atoms with E-state index in [2.05, 4.69) is 11.1 Å². The van der Waals surface area contributed by atoms with E-state index in [0.717, 1.165) is 0 Å². The summed E-state index contributed by atoms with van der Waals surface area (Å²) in [5.74, 6) is 2.50. The van der Waals surface area contributed by atoms with E-state index >= 15 is 0 Å². The lowest BCUT2D eigenvalue weighted by Crippen LogP contribution is -2.39. The van der Waals surface area contributed by atoms with Crippen LogP contribution in [0.2, 0.25) is 0 Å². The first kappa shape index (κ1) is 11.4. The van der Waals surface area contributed by atoms with E-state index in [1.165, 1.54) is 6.21 Å². The molecule has 0 aromatic rings. The zero-order chi connectivity index (χ0) is 11.1. The molecule has 82 valence electrons. The molecule has 0 aromatic heterocycles. The summed E-state index contributed by atoms with van der Waals surface area (Å²) in [6.07, 6.45) is 10.8. The van der Waals surface area contributed by atoms with Crippen LogP contribution in [0.3, 0.4) is 0 Å². The standard InChI is InChI=1S/C10H15N3O2/c1-3-4-7-15-9-13-6-5-12(2)10(13)8-11-14/h1,5-6,8,10,14H,4,7,9H2,2H3/b11-8-. The van der Waals surface area contributed by atoms with Crippen molar-refractivity contribution in [3.05, 3.63) is 12.4 Å². The minimum absolute atomic E-state index is 0.0964. The van der Waals surface area contributed by atoms with Crippen molar-refractivity contribution in [1.82, 2.24) is 9.80 Å². The third kappa shape index (κ3) is 3.18. The molecule has 0 aliphatic carbocycles. The number of ether oxygens (including phenoxy) is 1. The second kappa shape index (κ2) is 5.94. The molecule has 5 nitrogen and oxygen atoms in total. The molecule has 1 unspecified atom stereocenters. The van der Waals surface area contributed by atoms with E-state index in [1.807, 2.05) is 29.2 Å². The van der Waals surface area contributed by atoms with Crippen molar-refractivity contribution >= 4 is 6.21 Å². The van der Waals surface area contributed by atoms with Crippen LogP contribution in [-0.2, 0) is 4.74 Å². The Balaban J connectivity index is 2.34. The van der Waals surface area contributed by atoms with Crippen LogP contribution in [0.15, 0.2) is 17.6 Å². The molecule has 1 N–H and O–H groups in total. The topological polar surface area (TPSA) is 48.3 Å². The zero-order valence-electron chi connectivity index (χ0n) is 8.71. The fourth-order valence-electron chi connectivity index (χ4n) is 1.27. The van der Waals surface area contributed by atoms with Gasteiger partial charge in [0.15, 0.2) is 0 Å². The highest BCUT2D eigenvalue weighted by molar-refractivity contribution is 5.64. The van der Waals surface area contributed by atoms with Crippen molar-refractivity contribution in [1.29, 1.82) is 0 Å². The molecular formula is C10H15N3O2. The Morgan fingerprint density at radius 3 is 3.13 bits per heavy atom. The van der Waals surface area contributed by atoms with Crippen molar-refractivity contribution in [2.45, 2.75) is 12.6 Å². The summed E-state index contributed by atoms with van der Waals surface area (Å²) in [5.41, 5.74) is 0. The van der Waals surface area contributed by atoms with Crippen LogP contribution in [0.1, 0.15) is 6.42 Å². The first-order chi connectivity index (χ1) is 7.29. The minimum Gasteiger partial charge on any atom is -0.411 e. The molecule has 1 rings (SSSR count). The third-order valence-corrected chi connectivity index (χ3v) is 2.08. The second-order valence-electron chi connectivity index (χ2n) is 3.15. The van der Waals surface area contributed by atoms with Gasteiger partial charge in [0, 0.05) is 25.9 Å². The van der Waals surface area contributed by atoms with Crippen LogP contribution < -0.4 is 0 Å². The molecule has 1 heterocycles. The van der Waals surface area contributed by atoms with E-state index in [1.54, 1.807) is 0 Å².